The molecule has 0 radical (unpaired) electrons. The molecule has 0 saturated heterocycles. The average Bonchev–Trinajstić information content (AvgIpc) is 2.93. The zero-order valence-corrected chi connectivity index (χ0v) is 12.5. The van der Waals surface area contributed by atoms with Gasteiger partial charge >= 0.3 is 0 Å². The van der Waals surface area contributed by atoms with Crippen LogP contribution in [0.5, 0.6) is 5.75 Å². The predicted molar refractivity (Wildman–Crippen MR) is 81.3 cm³/mol. The Balaban J connectivity index is 2.03. The van der Waals surface area contributed by atoms with Gasteiger partial charge in [-0.25, -0.2) is 0 Å². The number of rotatable bonds is 5. The molecule has 5 heteroatoms. The quantitative estimate of drug-likeness (QED) is 0.644. The molecule has 1 atom stereocenters. The lowest BCUT2D eigenvalue weighted by molar-refractivity contribution is -0.127. The van der Waals surface area contributed by atoms with Crippen LogP contribution in [-0.2, 0) is 4.79 Å². The van der Waals surface area contributed by atoms with E-state index in [4.69, 9.17) is 10.5 Å². The molecule has 21 heavy (non-hydrogen) atoms. The molecular formula is C16H22N2O3. The van der Waals surface area contributed by atoms with Crippen LogP contribution in [0.2, 0.25) is 0 Å². The van der Waals surface area contributed by atoms with Crippen molar-refractivity contribution in [2.75, 3.05) is 5.73 Å². The third kappa shape index (κ3) is 3.97. The Bertz CT molecular complexity index is 536. The number of ether oxygens (including phenoxy) is 1. The van der Waals surface area contributed by atoms with E-state index in [1.165, 1.54) is 6.92 Å². The number of nitrogens with one attached hydrogen (secondary N) is 1. The van der Waals surface area contributed by atoms with Crippen LogP contribution in [0.15, 0.2) is 18.2 Å². The van der Waals surface area contributed by atoms with Gasteiger partial charge in [0.2, 0.25) is 0 Å². The minimum atomic E-state index is -0.646. The van der Waals surface area contributed by atoms with Crippen LogP contribution < -0.4 is 15.8 Å². The number of nitrogens with two attached hydrogens (primary N) is 1. The number of hydrogen-bond donors (Lipinski definition) is 2. The first-order valence-corrected chi connectivity index (χ1v) is 7.35. The fraction of sp³-hybridized carbons (Fsp3) is 0.500. The van der Waals surface area contributed by atoms with Gasteiger partial charge in [0, 0.05) is 11.7 Å². The fourth-order valence-electron chi connectivity index (χ4n) is 2.56. The molecule has 0 heterocycles. The molecule has 1 fully saturated rings. The van der Waals surface area contributed by atoms with Gasteiger partial charge in [0.25, 0.3) is 5.91 Å². The number of anilines is 1. The van der Waals surface area contributed by atoms with E-state index in [0.717, 1.165) is 25.7 Å². The van der Waals surface area contributed by atoms with Gasteiger partial charge < -0.3 is 15.8 Å². The average molecular weight is 290 g/mol. The molecule has 1 saturated carbocycles. The van der Waals surface area contributed by atoms with E-state index >= 15 is 0 Å². The van der Waals surface area contributed by atoms with E-state index in [0.29, 0.717) is 17.0 Å². The number of benzene rings is 1. The van der Waals surface area contributed by atoms with Crippen LogP contribution in [-0.4, -0.2) is 23.8 Å². The SMILES string of the molecule is CC(=O)c1cc(N)ccc1OC(C)C(=O)NC1CCCC1. The van der Waals surface area contributed by atoms with Crippen molar-refractivity contribution in [3.05, 3.63) is 23.8 Å². The normalized spacial score (nSPS) is 16.5. The summed E-state index contributed by atoms with van der Waals surface area (Å²) in [6.07, 6.45) is 3.73. The van der Waals surface area contributed by atoms with Gasteiger partial charge in [-0.05, 0) is 44.9 Å². The number of nitrogen functional groups attached to an aromatic ring is 1. The molecule has 1 aliphatic rings. The largest absolute Gasteiger partial charge is 0.480 e. The molecular weight excluding hydrogens is 268 g/mol. The second-order valence-electron chi connectivity index (χ2n) is 5.56. The van der Waals surface area contributed by atoms with Crippen molar-refractivity contribution in [3.8, 4) is 5.75 Å². The van der Waals surface area contributed by atoms with Crippen molar-refractivity contribution in [2.45, 2.75) is 51.7 Å². The molecule has 1 amide bonds. The Hall–Kier alpha value is -2.04. The molecule has 0 aliphatic heterocycles. The summed E-state index contributed by atoms with van der Waals surface area (Å²) in [7, 11) is 0. The molecule has 1 aromatic rings. The van der Waals surface area contributed by atoms with Gasteiger partial charge in [-0.2, -0.15) is 0 Å². The fourth-order valence-corrected chi connectivity index (χ4v) is 2.56. The summed E-state index contributed by atoms with van der Waals surface area (Å²) in [6.45, 7) is 3.13. The van der Waals surface area contributed by atoms with Gasteiger partial charge in [-0.1, -0.05) is 12.8 Å². The molecule has 0 spiro atoms. The van der Waals surface area contributed by atoms with Crippen molar-refractivity contribution < 1.29 is 14.3 Å². The number of amides is 1. The Morgan fingerprint density at radius 3 is 2.62 bits per heavy atom. The highest BCUT2D eigenvalue weighted by molar-refractivity contribution is 5.97. The van der Waals surface area contributed by atoms with Crippen molar-refractivity contribution in [3.63, 3.8) is 0 Å². The van der Waals surface area contributed by atoms with Crippen LogP contribution in [0, 0.1) is 0 Å². The lowest BCUT2D eigenvalue weighted by atomic mass is 10.1. The highest BCUT2D eigenvalue weighted by atomic mass is 16.5. The van der Waals surface area contributed by atoms with Crippen molar-refractivity contribution in [1.29, 1.82) is 0 Å². The lowest BCUT2D eigenvalue weighted by Gasteiger charge is -2.19. The second-order valence-corrected chi connectivity index (χ2v) is 5.56. The van der Waals surface area contributed by atoms with E-state index in [2.05, 4.69) is 5.32 Å². The summed E-state index contributed by atoms with van der Waals surface area (Å²) in [5.41, 5.74) is 6.57. The van der Waals surface area contributed by atoms with E-state index in [9.17, 15) is 9.59 Å². The summed E-state index contributed by atoms with van der Waals surface area (Å²) >= 11 is 0. The second kappa shape index (κ2) is 6.61. The molecule has 114 valence electrons. The Kier molecular flexibility index (Phi) is 4.83. The van der Waals surface area contributed by atoms with Gasteiger partial charge in [-0.3, -0.25) is 9.59 Å². The number of carbonyl (C=O) groups is 2. The molecule has 1 unspecified atom stereocenters. The smallest absolute Gasteiger partial charge is 0.260 e. The maximum Gasteiger partial charge on any atom is 0.260 e. The third-order valence-corrected chi connectivity index (χ3v) is 3.76. The highest BCUT2D eigenvalue weighted by Gasteiger charge is 2.22. The van der Waals surface area contributed by atoms with Crippen LogP contribution >= 0.6 is 0 Å². The van der Waals surface area contributed by atoms with E-state index in [1.807, 2.05) is 0 Å². The zero-order valence-electron chi connectivity index (χ0n) is 12.5. The number of ketones is 1. The molecule has 5 nitrogen and oxygen atoms in total. The number of carbonyl (C=O) groups excluding carboxylic acids is 2. The Morgan fingerprint density at radius 2 is 2.00 bits per heavy atom. The van der Waals surface area contributed by atoms with E-state index in [1.54, 1.807) is 25.1 Å². The summed E-state index contributed by atoms with van der Waals surface area (Å²) in [5.74, 6) is 0.111. The van der Waals surface area contributed by atoms with Crippen molar-refractivity contribution in [2.24, 2.45) is 0 Å². The van der Waals surface area contributed by atoms with Gasteiger partial charge in [0.05, 0.1) is 5.56 Å². The molecule has 0 bridgehead atoms. The maximum absolute atomic E-state index is 12.1. The standard InChI is InChI=1S/C16H22N2O3/c1-10(19)14-9-12(17)7-8-15(14)21-11(2)16(20)18-13-5-3-4-6-13/h7-9,11,13H,3-6,17H2,1-2H3,(H,18,20). The molecule has 2 rings (SSSR count). The highest BCUT2D eigenvalue weighted by Crippen LogP contribution is 2.23. The molecule has 1 aromatic carbocycles. The molecule has 1 aliphatic carbocycles. The Labute approximate surface area is 124 Å². The first kappa shape index (κ1) is 15.4. The maximum atomic E-state index is 12.1. The Morgan fingerprint density at radius 1 is 1.33 bits per heavy atom. The summed E-state index contributed by atoms with van der Waals surface area (Å²) in [6, 6.07) is 5.11. The van der Waals surface area contributed by atoms with Crippen molar-refractivity contribution in [1.82, 2.24) is 5.32 Å². The molecule has 3 N–H and O–H groups in total. The van der Waals surface area contributed by atoms with Crippen LogP contribution in [0.4, 0.5) is 5.69 Å². The minimum Gasteiger partial charge on any atom is -0.480 e. The predicted octanol–water partition coefficient (Wildman–Crippen LogP) is 2.30. The topological polar surface area (TPSA) is 81.4 Å². The monoisotopic (exact) mass is 290 g/mol. The minimum absolute atomic E-state index is 0.138. The number of hydrogen-bond acceptors (Lipinski definition) is 4. The van der Waals surface area contributed by atoms with Crippen LogP contribution in [0.3, 0.4) is 0 Å². The zero-order chi connectivity index (χ0) is 15.4. The van der Waals surface area contributed by atoms with Crippen LogP contribution in [0.25, 0.3) is 0 Å². The van der Waals surface area contributed by atoms with Gasteiger partial charge in [-0.15, -0.1) is 0 Å². The summed E-state index contributed by atoms with van der Waals surface area (Å²) in [4.78, 5) is 23.7. The van der Waals surface area contributed by atoms with Crippen LogP contribution in [0.1, 0.15) is 49.9 Å². The third-order valence-electron chi connectivity index (χ3n) is 3.76. The first-order valence-electron chi connectivity index (χ1n) is 7.35. The van der Waals surface area contributed by atoms with Crippen molar-refractivity contribution >= 4 is 17.4 Å². The summed E-state index contributed by atoms with van der Waals surface area (Å²) < 4.78 is 5.65. The van der Waals surface area contributed by atoms with E-state index in [-0.39, 0.29) is 17.7 Å². The van der Waals surface area contributed by atoms with E-state index < -0.39 is 6.10 Å². The van der Waals surface area contributed by atoms with Gasteiger partial charge in [0.1, 0.15) is 5.75 Å². The number of Topliss-reactive ketones (excluding diaryl/α,β-unsaturated/α-hetero) is 1. The molecule has 0 aromatic heterocycles. The summed E-state index contributed by atoms with van der Waals surface area (Å²) in [5, 5.41) is 2.99. The van der Waals surface area contributed by atoms with Gasteiger partial charge in [0.15, 0.2) is 11.9 Å². The first-order chi connectivity index (χ1) is 9.97. The lowest BCUT2D eigenvalue weighted by Crippen LogP contribution is -2.41.